The van der Waals surface area contributed by atoms with Gasteiger partial charge < -0.3 is 5.11 Å². The fourth-order valence-electron chi connectivity index (χ4n) is 2.53. The molecule has 0 aliphatic heterocycles. The largest absolute Gasteiger partial charge is 0.480 e. The first kappa shape index (κ1) is 22.4. The van der Waals surface area contributed by atoms with Crippen molar-refractivity contribution < 1.29 is 23.2 Å². The Bertz CT molecular complexity index is 1210. The minimum absolute atomic E-state index is 0.00577. The third-order valence-corrected chi connectivity index (χ3v) is 6.70. The van der Waals surface area contributed by atoms with Crippen LogP contribution in [-0.4, -0.2) is 44.4 Å². The second-order valence-corrected chi connectivity index (χ2v) is 9.08. The number of nitrogens with zero attached hydrogens (tertiary/aromatic N) is 4. The average Bonchev–Trinajstić information content (AvgIpc) is 3.21. The van der Waals surface area contributed by atoms with Crippen molar-refractivity contribution in [3.05, 3.63) is 76.5 Å². The molecule has 0 fully saturated rings. The second-order valence-electron chi connectivity index (χ2n) is 6.41. The number of carboxylic acid groups (broad SMARTS) is 1. The summed E-state index contributed by atoms with van der Waals surface area (Å²) in [6.07, 6.45) is 3.53. The van der Waals surface area contributed by atoms with Crippen LogP contribution in [0.4, 0.5) is 5.69 Å². The number of carbonyl (C=O) groups is 1. The average molecular weight is 463 g/mol. The summed E-state index contributed by atoms with van der Waals surface area (Å²) in [7, 11) is -3.87. The smallest absolute Gasteiger partial charge is 0.321 e. The van der Waals surface area contributed by atoms with Crippen LogP contribution in [0.25, 0.3) is 0 Å². The van der Waals surface area contributed by atoms with Gasteiger partial charge in [0.15, 0.2) is 5.03 Å². The molecule has 2 aromatic heterocycles. The van der Waals surface area contributed by atoms with Crippen molar-refractivity contribution >= 4 is 33.6 Å². The van der Waals surface area contributed by atoms with Crippen molar-refractivity contribution in [2.45, 2.75) is 29.3 Å². The van der Waals surface area contributed by atoms with Gasteiger partial charge in [-0.15, -0.1) is 0 Å². The zero-order valence-electron chi connectivity index (χ0n) is 16.1. The zero-order valence-corrected chi connectivity index (χ0v) is 17.7. The fraction of sp³-hybridized carbons (Fsp3) is 0.167. The molecule has 0 spiro atoms. The number of hydrogen-bond donors (Lipinski definition) is 2. The number of nitro groups is 1. The molecule has 1 atom stereocenters. The number of imidazole rings is 1. The molecule has 0 aliphatic rings. The van der Waals surface area contributed by atoms with Gasteiger partial charge in [-0.05, 0) is 37.1 Å². The summed E-state index contributed by atoms with van der Waals surface area (Å²) in [5.41, 5.74) is 0.857. The Hall–Kier alpha value is -3.29. The van der Waals surface area contributed by atoms with Crippen molar-refractivity contribution in [1.82, 2.24) is 18.7 Å². The Morgan fingerprint density at radius 1 is 1.29 bits per heavy atom. The molecule has 2 N–H and O–H groups in total. The lowest BCUT2D eigenvalue weighted by Gasteiger charge is -2.12. The number of nitrogens with one attached hydrogen (secondary N) is 1. The van der Waals surface area contributed by atoms with Gasteiger partial charge in [-0.1, -0.05) is 17.7 Å². The summed E-state index contributed by atoms with van der Waals surface area (Å²) >= 11 is 0.705. The molecule has 13 heteroatoms. The first-order chi connectivity index (χ1) is 14.7. The Kier molecular flexibility index (Phi) is 6.68. The van der Waals surface area contributed by atoms with E-state index in [4.69, 9.17) is 0 Å². The molecular formula is C18H17N5O6S2. The highest BCUT2D eigenvalue weighted by Gasteiger charge is 2.24. The highest BCUT2D eigenvalue weighted by molar-refractivity contribution is 7.97. The molecule has 162 valence electrons. The molecule has 31 heavy (non-hydrogen) atoms. The molecule has 0 aliphatic carbocycles. The third-order valence-electron chi connectivity index (χ3n) is 4.17. The van der Waals surface area contributed by atoms with Crippen LogP contribution in [0.15, 0.2) is 65.0 Å². The quantitative estimate of drug-likeness (QED) is 0.273. The van der Waals surface area contributed by atoms with Gasteiger partial charge in [-0.2, -0.15) is 0 Å². The van der Waals surface area contributed by atoms with Gasteiger partial charge >= 0.3 is 11.7 Å². The number of pyridine rings is 1. The molecule has 0 bridgehead atoms. The fourth-order valence-corrected chi connectivity index (χ4v) is 4.48. The predicted octanol–water partition coefficient (Wildman–Crippen LogP) is 2.02. The summed E-state index contributed by atoms with van der Waals surface area (Å²) in [5.74, 6) is -1.23. The van der Waals surface area contributed by atoms with Crippen LogP contribution < -0.4 is 4.72 Å². The van der Waals surface area contributed by atoms with Crippen LogP contribution in [0.1, 0.15) is 11.3 Å². The van der Waals surface area contributed by atoms with Gasteiger partial charge in [0.05, 0.1) is 15.5 Å². The number of aryl methyl sites for hydroxylation is 1. The van der Waals surface area contributed by atoms with Gasteiger partial charge in [0.25, 0.3) is 10.0 Å². The zero-order chi connectivity index (χ0) is 22.6. The van der Waals surface area contributed by atoms with Crippen LogP contribution in [0.3, 0.4) is 0 Å². The summed E-state index contributed by atoms with van der Waals surface area (Å²) in [6, 6.07) is 7.75. The van der Waals surface area contributed by atoms with E-state index in [0.717, 1.165) is 15.9 Å². The Morgan fingerprint density at radius 2 is 2.00 bits per heavy atom. The minimum Gasteiger partial charge on any atom is -0.480 e. The second kappa shape index (κ2) is 9.24. The van der Waals surface area contributed by atoms with Crippen molar-refractivity contribution in [2.24, 2.45) is 0 Å². The lowest BCUT2D eigenvalue weighted by Crippen LogP contribution is -2.34. The van der Waals surface area contributed by atoms with Crippen LogP contribution in [-0.2, 0) is 21.2 Å². The molecule has 11 nitrogen and oxygen atoms in total. The van der Waals surface area contributed by atoms with E-state index in [0.29, 0.717) is 11.9 Å². The topological polar surface area (TPSA) is 157 Å². The van der Waals surface area contributed by atoms with Crippen LogP contribution in [0, 0.1) is 17.0 Å². The van der Waals surface area contributed by atoms with Crippen molar-refractivity contribution in [2.75, 3.05) is 0 Å². The van der Waals surface area contributed by atoms with Gasteiger partial charge in [-0.25, -0.2) is 27.1 Å². The first-order valence-electron chi connectivity index (χ1n) is 8.78. The molecule has 0 saturated heterocycles. The Balaban J connectivity index is 1.75. The predicted molar refractivity (Wildman–Crippen MR) is 111 cm³/mol. The monoisotopic (exact) mass is 463 g/mol. The number of aromatic nitrogens is 3. The maximum absolute atomic E-state index is 12.7. The molecule has 3 rings (SSSR count). The Labute approximate surface area is 181 Å². The van der Waals surface area contributed by atoms with E-state index < -0.39 is 27.0 Å². The SMILES string of the molecule is Cc1ccc(S(=O)(=O)n2cnc(C[C@H](NSc3ncccc3[N+](=O)[O-])C(=O)O)c2)cc1. The summed E-state index contributed by atoms with van der Waals surface area (Å²) in [5, 5.41) is 20.5. The van der Waals surface area contributed by atoms with E-state index in [1.807, 2.05) is 6.92 Å². The number of benzene rings is 1. The van der Waals surface area contributed by atoms with Crippen molar-refractivity contribution in [3.8, 4) is 0 Å². The van der Waals surface area contributed by atoms with E-state index in [2.05, 4.69) is 14.7 Å². The van der Waals surface area contributed by atoms with Gasteiger partial charge in [0.1, 0.15) is 12.4 Å². The van der Waals surface area contributed by atoms with Crippen LogP contribution >= 0.6 is 11.9 Å². The molecule has 2 heterocycles. The maximum Gasteiger partial charge on any atom is 0.321 e. The lowest BCUT2D eigenvalue weighted by atomic mass is 10.2. The molecule has 0 radical (unpaired) electrons. The number of aliphatic carboxylic acids is 1. The Morgan fingerprint density at radius 3 is 2.65 bits per heavy atom. The standard InChI is InChI=1S/C18H17N5O6S2/c1-12-4-6-14(7-5-12)31(28,29)22-10-13(20-11-22)9-15(18(24)25)21-30-17-16(23(26)27)3-2-8-19-17/h2-8,10-11,15,21H,9H2,1H3,(H,24,25)/t15-/m0/s1. The first-order valence-corrected chi connectivity index (χ1v) is 11.0. The van der Waals surface area contributed by atoms with E-state index in [1.165, 1.54) is 36.7 Å². The molecular weight excluding hydrogens is 446 g/mol. The highest BCUT2D eigenvalue weighted by Crippen LogP contribution is 2.24. The van der Waals surface area contributed by atoms with E-state index in [9.17, 15) is 28.4 Å². The maximum atomic E-state index is 12.7. The van der Waals surface area contributed by atoms with Crippen LogP contribution in [0.5, 0.6) is 0 Å². The van der Waals surface area contributed by atoms with Crippen molar-refractivity contribution in [3.63, 3.8) is 0 Å². The van der Waals surface area contributed by atoms with E-state index >= 15 is 0 Å². The summed E-state index contributed by atoms with van der Waals surface area (Å²) < 4.78 is 28.9. The van der Waals surface area contributed by atoms with Crippen LogP contribution in [0.2, 0.25) is 0 Å². The van der Waals surface area contributed by atoms with Gasteiger partial charge in [-0.3, -0.25) is 14.9 Å². The molecule has 0 unspecified atom stereocenters. The molecule has 0 amide bonds. The summed E-state index contributed by atoms with van der Waals surface area (Å²) in [4.78, 5) is 30.0. The minimum atomic E-state index is -3.87. The van der Waals surface area contributed by atoms with E-state index in [1.54, 1.807) is 12.1 Å². The third kappa shape index (κ3) is 5.25. The molecule has 0 saturated carbocycles. The normalized spacial score (nSPS) is 12.4. The number of hydrogen-bond acceptors (Lipinski definition) is 9. The molecule has 3 aromatic rings. The van der Waals surface area contributed by atoms with Gasteiger partial charge in [0, 0.05) is 24.9 Å². The van der Waals surface area contributed by atoms with Gasteiger partial charge in [0.2, 0.25) is 0 Å². The summed E-state index contributed by atoms with van der Waals surface area (Å²) in [6.45, 7) is 1.84. The number of rotatable bonds is 9. The molecule has 1 aromatic carbocycles. The van der Waals surface area contributed by atoms with E-state index in [-0.39, 0.29) is 27.7 Å². The lowest BCUT2D eigenvalue weighted by molar-refractivity contribution is -0.388. The number of carboxylic acids is 1. The van der Waals surface area contributed by atoms with Crippen molar-refractivity contribution in [1.29, 1.82) is 0 Å². The highest BCUT2D eigenvalue weighted by atomic mass is 32.2.